The minimum Gasteiger partial charge on any atom is -0.457 e. The molecule has 0 bridgehead atoms. The lowest BCUT2D eigenvalue weighted by Crippen LogP contribution is -2.12. The second-order valence-electron chi connectivity index (χ2n) is 6.05. The fourth-order valence-corrected chi connectivity index (χ4v) is 3.04. The fraction of sp³-hybridized carbons (Fsp3) is 0.0909. The highest BCUT2D eigenvalue weighted by atomic mass is 35.5. The van der Waals surface area contributed by atoms with Gasteiger partial charge in [-0.15, -0.1) is 0 Å². The second-order valence-corrected chi connectivity index (χ2v) is 6.90. The normalized spacial score (nSPS) is 10.5. The Hall–Kier alpha value is -2.62. The Bertz CT molecular complexity index is 995. The molecule has 3 rings (SSSR count). The van der Waals surface area contributed by atoms with Crippen LogP contribution in [0.3, 0.4) is 0 Å². The van der Waals surface area contributed by atoms with Crippen LogP contribution in [-0.4, -0.2) is 11.8 Å². The van der Waals surface area contributed by atoms with E-state index in [1.165, 1.54) is 0 Å². The molecule has 0 fully saturated rings. The lowest BCUT2D eigenvalue weighted by molar-refractivity contribution is 0.0470. The van der Waals surface area contributed by atoms with E-state index in [-0.39, 0.29) is 18.0 Å². The van der Waals surface area contributed by atoms with Gasteiger partial charge in [0.05, 0.1) is 5.56 Å². The molecule has 0 unspecified atom stereocenters. The molecule has 3 nitrogen and oxygen atoms in total. The van der Waals surface area contributed by atoms with Gasteiger partial charge in [0.2, 0.25) is 0 Å². The van der Waals surface area contributed by atoms with Crippen molar-refractivity contribution in [2.24, 2.45) is 0 Å². The molecule has 27 heavy (non-hydrogen) atoms. The Morgan fingerprint density at radius 2 is 1.56 bits per heavy atom. The van der Waals surface area contributed by atoms with E-state index in [0.717, 1.165) is 5.56 Å². The van der Waals surface area contributed by atoms with Crippen molar-refractivity contribution in [2.45, 2.75) is 13.5 Å². The molecule has 0 saturated heterocycles. The Labute approximate surface area is 167 Å². The predicted octanol–water partition coefficient (Wildman–Crippen LogP) is 5.89. The number of halogens is 2. The van der Waals surface area contributed by atoms with Gasteiger partial charge in [-0.2, -0.15) is 0 Å². The standard InChI is InChI=1S/C22H16Cl2O3/c1-14-6-8-15(9-7-14)21(25)18-4-2-3-5-19(18)22(26)27-13-16-10-11-17(23)12-20(16)24/h2-12H,13H2,1H3. The van der Waals surface area contributed by atoms with E-state index >= 15 is 0 Å². The second kappa shape index (κ2) is 8.38. The van der Waals surface area contributed by atoms with Gasteiger partial charge >= 0.3 is 5.97 Å². The molecule has 0 atom stereocenters. The number of esters is 1. The molecule has 0 heterocycles. The topological polar surface area (TPSA) is 43.4 Å². The number of aryl methyl sites for hydroxylation is 1. The minimum absolute atomic E-state index is 0.0120. The molecule has 0 spiro atoms. The zero-order valence-electron chi connectivity index (χ0n) is 14.5. The van der Waals surface area contributed by atoms with Crippen LogP contribution in [0.15, 0.2) is 66.7 Å². The van der Waals surface area contributed by atoms with Gasteiger partial charge in [-0.25, -0.2) is 4.79 Å². The fourth-order valence-electron chi connectivity index (χ4n) is 2.58. The third-order valence-corrected chi connectivity index (χ3v) is 4.67. The molecule has 136 valence electrons. The molecule has 0 aliphatic rings. The average molecular weight is 399 g/mol. The maximum Gasteiger partial charge on any atom is 0.339 e. The van der Waals surface area contributed by atoms with Crippen LogP contribution in [0.2, 0.25) is 10.0 Å². The van der Waals surface area contributed by atoms with Gasteiger partial charge in [0.15, 0.2) is 5.78 Å². The molecular formula is C22H16Cl2O3. The van der Waals surface area contributed by atoms with Crippen LogP contribution in [0.25, 0.3) is 0 Å². The molecule has 0 aliphatic carbocycles. The van der Waals surface area contributed by atoms with Crippen LogP contribution in [0.4, 0.5) is 0 Å². The van der Waals surface area contributed by atoms with Crippen molar-refractivity contribution < 1.29 is 14.3 Å². The summed E-state index contributed by atoms with van der Waals surface area (Å²) in [7, 11) is 0. The third kappa shape index (κ3) is 4.57. The summed E-state index contributed by atoms with van der Waals surface area (Å²) in [5, 5.41) is 0.920. The number of carbonyl (C=O) groups excluding carboxylic acids is 2. The van der Waals surface area contributed by atoms with Crippen molar-refractivity contribution in [3.8, 4) is 0 Å². The summed E-state index contributed by atoms with van der Waals surface area (Å²) in [6.07, 6.45) is 0. The summed E-state index contributed by atoms with van der Waals surface area (Å²) in [4.78, 5) is 25.4. The lowest BCUT2D eigenvalue weighted by Gasteiger charge is -2.10. The SMILES string of the molecule is Cc1ccc(C(=O)c2ccccc2C(=O)OCc2ccc(Cl)cc2Cl)cc1. The quantitative estimate of drug-likeness (QED) is 0.397. The maximum absolute atomic E-state index is 12.8. The first-order valence-corrected chi connectivity index (χ1v) is 9.03. The Kier molecular flexibility index (Phi) is 5.94. The highest BCUT2D eigenvalue weighted by Gasteiger charge is 2.19. The van der Waals surface area contributed by atoms with Gasteiger partial charge in [0.1, 0.15) is 6.61 Å². The molecule has 0 amide bonds. The molecular weight excluding hydrogens is 383 g/mol. The zero-order chi connectivity index (χ0) is 19.4. The number of hydrogen-bond acceptors (Lipinski definition) is 3. The third-order valence-electron chi connectivity index (χ3n) is 4.08. The molecule has 5 heteroatoms. The summed E-state index contributed by atoms with van der Waals surface area (Å²) in [6.45, 7) is 1.93. The van der Waals surface area contributed by atoms with Crippen molar-refractivity contribution >= 4 is 35.0 Å². The maximum atomic E-state index is 12.8. The Balaban J connectivity index is 1.81. The first-order valence-electron chi connectivity index (χ1n) is 8.27. The summed E-state index contributed by atoms with van der Waals surface area (Å²) in [5.74, 6) is -0.816. The summed E-state index contributed by atoms with van der Waals surface area (Å²) in [6, 6.07) is 18.8. The molecule has 0 aromatic heterocycles. The largest absolute Gasteiger partial charge is 0.457 e. The molecule has 0 radical (unpaired) electrons. The summed E-state index contributed by atoms with van der Waals surface area (Å²) in [5.41, 5.74) is 2.72. The van der Waals surface area contributed by atoms with Crippen LogP contribution in [0, 0.1) is 6.92 Å². The first kappa shape index (κ1) is 19.2. The van der Waals surface area contributed by atoms with Crippen LogP contribution >= 0.6 is 23.2 Å². The predicted molar refractivity (Wildman–Crippen MR) is 107 cm³/mol. The van der Waals surface area contributed by atoms with E-state index in [1.807, 2.05) is 19.1 Å². The monoisotopic (exact) mass is 398 g/mol. The highest BCUT2D eigenvalue weighted by molar-refractivity contribution is 6.35. The van der Waals surface area contributed by atoms with Crippen molar-refractivity contribution in [1.82, 2.24) is 0 Å². The van der Waals surface area contributed by atoms with Gasteiger partial charge in [0.25, 0.3) is 0 Å². The van der Waals surface area contributed by atoms with E-state index in [4.69, 9.17) is 27.9 Å². The van der Waals surface area contributed by atoms with Crippen molar-refractivity contribution in [1.29, 1.82) is 0 Å². The highest BCUT2D eigenvalue weighted by Crippen LogP contribution is 2.23. The zero-order valence-corrected chi connectivity index (χ0v) is 16.1. The Morgan fingerprint density at radius 3 is 2.22 bits per heavy atom. The van der Waals surface area contributed by atoms with Crippen molar-refractivity contribution in [3.05, 3.63) is 105 Å². The van der Waals surface area contributed by atoms with Gasteiger partial charge in [-0.1, -0.05) is 77.3 Å². The van der Waals surface area contributed by atoms with Crippen molar-refractivity contribution in [2.75, 3.05) is 0 Å². The van der Waals surface area contributed by atoms with Crippen molar-refractivity contribution in [3.63, 3.8) is 0 Å². The molecule has 0 saturated carbocycles. The van der Waals surface area contributed by atoms with E-state index in [9.17, 15) is 9.59 Å². The molecule has 0 N–H and O–H groups in total. The van der Waals surface area contributed by atoms with Crippen LogP contribution in [-0.2, 0) is 11.3 Å². The number of hydrogen-bond donors (Lipinski definition) is 0. The van der Waals surface area contributed by atoms with Crippen LogP contribution in [0.5, 0.6) is 0 Å². The smallest absolute Gasteiger partial charge is 0.339 e. The summed E-state index contributed by atoms with van der Waals surface area (Å²) >= 11 is 12.0. The number of rotatable bonds is 5. The molecule has 0 aliphatic heterocycles. The van der Waals surface area contributed by atoms with Gasteiger partial charge < -0.3 is 4.74 Å². The van der Waals surface area contributed by atoms with Gasteiger partial charge in [0, 0.05) is 26.7 Å². The van der Waals surface area contributed by atoms with Gasteiger partial charge in [-0.05, 0) is 25.1 Å². The number of carbonyl (C=O) groups is 2. The number of ketones is 1. The van der Waals surface area contributed by atoms with E-state index < -0.39 is 5.97 Å². The number of ether oxygens (including phenoxy) is 1. The van der Waals surface area contributed by atoms with E-state index in [1.54, 1.807) is 54.6 Å². The van der Waals surface area contributed by atoms with E-state index in [0.29, 0.717) is 26.7 Å². The lowest BCUT2D eigenvalue weighted by atomic mass is 9.98. The first-order chi connectivity index (χ1) is 13.0. The van der Waals surface area contributed by atoms with E-state index in [2.05, 4.69) is 0 Å². The molecule has 3 aromatic carbocycles. The number of benzene rings is 3. The van der Waals surface area contributed by atoms with Gasteiger partial charge in [-0.3, -0.25) is 4.79 Å². The summed E-state index contributed by atoms with van der Waals surface area (Å²) < 4.78 is 5.36. The van der Waals surface area contributed by atoms with Crippen LogP contribution in [0.1, 0.15) is 37.4 Å². The molecule has 3 aromatic rings. The van der Waals surface area contributed by atoms with Crippen LogP contribution < -0.4 is 0 Å². The Morgan fingerprint density at radius 1 is 0.889 bits per heavy atom. The average Bonchev–Trinajstić information content (AvgIpc) is 2.67. The minimum atomic E-state index is -0.586.